The summed E-state index contributed by atoms with van der Waals surface area (Å²) < 4.78 is 0. The molecule has 96 valence electrons. The van der Waals surface area contributed by atoms with Crippen molar-refractivity contribution in [2.75, 3.05) is 0 Å². The fourth-order valence-electron chi connectivity index (χ4n) is 2.30. The Balaban J connectivity index is 2.82. The van der Waals surface area contributed by atoms with Crippen LogP contribution in [0.15, 0.2) is 18.2 Å². The Bertz CT molecular complexity index is 352. The standard InChI is InChI=1S/C14H23ClN2/c1-4-6-10(2)9-14(17-16)12-7-5-8-13(15)11(12)3/h5,7-8,10,14,17H,4,6,9,16H2,1-3H3. The van der Waals surface area contributed by atoms with Gasteiger partial charge < -0.3 is 0 Å². The molecule has 2 unspecified atom stereocenters. The first-order chi connectivity index (χ1) is 8.10. The van der Waals surface area contributed by atoms with Gasteiger partial charge in [0.25, 0.3) is 0 Å². The van der Waals surface area contributed by atoms with Crippen molar-refractivity contribution < 1.29 is 0 Å². The van der Waals surface area contributed by atoms with E-state index in [2.05, 4.69) is 25.3 Å². The van der Waals surface area contributed by atoms with Gasteiger partial charge in [-0.15, -0.1) is 0 Å². The SMILES string of the molecule is CCCC(C)CC(NN)c1cccc(Cl)c1C. The molecule has 2 nitrogen and oxygen atoms in total. The van der Waals surface area contributed by atoms with Gasteiger partial charge in [0.15, 0.2) is 0 Å². The van der Waals surface area contributed by atoms with E-state index in [0.29, 0.717) is 5.92 Å². The normalized spacial score (nSPS) is 14.6. The zero-order valence-corrected chi connectivity index (χ0v) is 11.7. The average molecular weight is 255 g/mol. The highest BCUT2D eigenvalue weighted by molar-refractivity contribution is 6.31. The molecule has 1 aromatic carbocycles. The van der Waals surface area contributed by atoms with Crippen molar-refractivity contribution in [1.82, 2.24) is 5.43 Å². The molecule has 0 aromatic heterocycles. The molecule has 3 N–H and O–H groups in total. The quantitative estimate of drug-likeness (QED) is 0.595. The van der Waals surface area contributed by atoms with Crippen molar-refractivity contribution in [3.8, 4) is 0 Å². The van der Waals surface area contributed by atoms with Crippen LogP contribution in [0, 0.1) is 12.8 Å². The number of hydrazine groups is 1. The molecule has 2 atom stereocenters. The second-order valence-electron chi connectivity index (χ2n) is 4.80. The molecule has 0 aliphatic rings. The van der Waals surface area contributed by atoms with Gasteiger partial charge in [-0.3, -0.25) is 11.3 Å². The predicted octanol–water partition coefficient (Wildman–Crippen LogP) is 3.98. The lowest BCUT2D eigenvalue weighted by Gasteiger charge is -2.22. The van der Waals surface area contributed by atoms with E-state index in [9.17, 15) is 0 Å². The van der Waals surface area contributed by atoms with E-state index in [1.54, 1.807) is 0 Å². The molecule has 0 fully saturated rings. The molecule has 0 saturated carbocycles. The summed E-state index contributed by atoms with van der Waals surface area (Å²) in [5.74, 6) is 6.34. The summed E-state index contributed by atoms with van der Waals surface area (Å²) in [6.07, 6.45) is 3.50. The molecule has 17 heavy (non-hydrogen) atoms. The number of benzene rings is 1. The van der Waals surface area contributed by atoms with E-state index in [0.717, 1.165) is 17.0 Å². The average Bonchev–Trinajstić information content (AvgIpc) is 2.30. The van der Waals surface area contributed by atoms with Crippen LogP contribution in [0.3, 0.4) is 0 Å². The van der Waals surface area contributed by atoms with Crippen LogP contribution in [0.2, 0.25) is 5.02 Å². The predicted molar refractivity (Wildman–Crippen MR) is 74.9 cm³/mol. The molecular formula is C14H23ClN2. The fraction of sp³-hybridized carbons (Fsp3) is 0.571. The first-order valence-electron chi connectivity index (χ1n) is 6.31. The Morgan fingerprint density at radius 2 is 2.12 bits per heavy atom. The van der Waals surface area contributed by atoms with Gasteiger partial charge >= 0.3 is 0 Å². The van der Waals surface area contributed by atoms with E-state index in [4.69, 9.17) is 17.4 Å². The van der Waals surface area contributed by atoms with E-state index < -0.39 is 0 Å². The smallest absolute Gasteiger partial charge is 0.0465 e. The van der Waals surface area contributed by atoms with Crippen LogP contribution < -0.4 is 11.3 Å². The molecule has 0 heterocycles. The van der Waals surface area contributed by atoms with Crippen LogP contribution in [0.4, 0.5) is 0 Å². The molecule has 1 rings (SSSR count). The Morgan fingerprint density at radius 3 is 2.71 bits per heavy atom. The van der Waals surface area contributed by atoms with E-state index in [1.165, 1.54) is 18.4 Å². The third-order valence-electron chi connectivity index (χ3n) is 3.31. The van der Waals surface area contributed by atoms with Crippen molar-refractivity contribution in [3.05, 3.63) is 34.3 Å². The lowest BCUT2D eigenvalue weighted by molar-refractivity contribution is 0.394. The molecule has 1 aromatic rings. The molecule has 0 saturated heterocycles. The zero-order valence-electron chi connectivity index (χ0n) is 11.0. The number of nitrogens with two attached hydrogens (primary N) is 1. The van der Waals surface area contributed by atoms with Crippen LogP contribution >= 0.6 is 11.6 Å². The Hall–Kier alpha value is -0.570. The first kappa shape index (κ1) is 14.5. The summed E-state index contributed by atoms with van der Waals surface area (Å²) in [5.41, 5.74) is 5.25. The van der Waals surface area contributed by atoms with Gasteiger partial charge in [0.1, 0.15) is 0 Å². The number of hydrogen-bond donors (Lipinski definition) is 2. The molecule has 0 spiro atoms. The molecule has 0 amide bonds. The van der Waals surface area contributed by atoms with Crippen molar-refractivity contribution in [2.24, 2.45) is 11.8 Å². The Labute approximate surface area is 110 Å². The van der Waals surface area contributed by atoms with Gasteiger partial charge in [0.2, 0.25) is 0 Å². The summed E-state index contributed by atoms with van der Waals surface area (Å²) in [6, 6.07) is 6.20. The highest BCUT2D eigenvalue weighted by Gasteiger charge is 2.16. The third kappa shape index (κ3) is 3.98. The number of rotatable bonds is 6. The van der Waals surface area contributed by atoms with Gasteiger partial charge in [-0.2, -0.15) is 0 Å². The number of halogens is 1. The van der Waals surface area contributed by atoms with Crippen molar-refractivity contribution >= 4 is 11.6 Å². The summed E-state index contributed by atoms with van der Waals surface area (Å²) in [5, 5.41) is 0.811. The van der Waals surface area contributed by atoms with Crippen LogP contribution in [0.25, 0.3) is 0 Å². The van der Waals surface area contributed by atoms with Crippen molar-refractivity contribution in [1.29, 1.82) is 0 Å². The van der Waals surface area contributed by atoms with Gasteiger partial charge in [0.05, 0.1) is 0 Å². The highest BCUT2D eigenvalue weighted by Crippen LogP contribution is 2.28. The summed E-state index contributed by atoms with van der Waals surface area (Å²) in [6.45, 7) is 6.53. The van der Waals surface area contributed by atoms with Crippen LogP contribution in [-0.2, 0) is 0 Å². The lowest BCUT2D eigenvalue weighted by atomic mass is 9.91. The highest BCUT2D eigenvalue weighted by atomic mass is 35.5. The van der Waals surface area contributed by atoms with E-state index >= 15 is 0 Å². The topological polar surface area (TPSA) is 38.0 Å². The molecule has 0 aliphatic heterocycles. The summed E-state index contributed by atoms with van der Waals surface area (Å²) >= 11 is 6.14. The van der Waals surface area contributed by atoms with Crippen molar-refractivity contribution in [3.63, 3.8) is 0 Å². The number of nitrogens with one attached hydrogen (secondary N) is 1. The van der Waals surface area contributed by atoms with Gasteiger partial charge in [-0.25, -0.2) is 0 Å². The fourth-order valence-corrected chi connectivity index (χ4v) is 2.48. The largest absolute Gasteiger partial charge is 0.271 e. The minimum Gasteiger partial charge on any atom is -0.271 e. The maximum absolute atomic E-state index is 6.14. The minimum absolute atomic E-state index is 0.190. The molecule has 3 heteroatoms. The molecule has 0 radical (unpaired) electrons. The van der Waals surface area contributed by atoms with E-state index in [-0.39, 0.29) is 6.04 Å². The number of hydrogen-bond acceptors (Lipinski definition) is 2. The Morgan fingerprint density at radius 1 is 1.41 bits per heavy atom. The van der Waals surface area contributed by atoms with Gasteiger partial charge in [0, 0.05) is 11.1 Å². The maximum Gasteiger partial charge on any atom is 0.0465 e. The third-order valence-corrected chi connectivity index (χ3v) is 3.72. The second kappa shape index (κ2) is 7.00. The maximum atomic E-state index is 6.14. The lowest BCUT2D eigenvalue weighted by Crippen LogP contribution is -2.30. The zero-order chi connectivity index (χ0) is 12.8. The van der Waals surface area contributed by atoms with Crippen LogP contribution in [0.5, 0.6) is 0 Å². The van der Waals surface area contributed by atoms with Crippen LogP contribution in [0.1, 0.15) is 50.3 Å². The molecular weight excluding hydrogens is 232 g/mol. The van der Waals surface area contributed by atoms with Gasteiger partial charge in [-0.05, 0) is 36.5 Å². The first-order valence-corrected chi connectivity index (χ1v) is 6.69. The van der Waals surface area contributed by atoms with Crippen LogP contribution in [-0.4, -0.2) is 0 Å². The molecule has 0 bridgehead atoms. The second-order valence-corrected chi connectivity index (χ2v) is 5.21. The summed E-state index contributed by atoms with van der Waals surface area (Å²) in [7, 11) is 0. The minimum atomic E-state index is 0.190. The monoisotopic (exact) mass is 254 g/mol. The van der Waals surface area contributed by atoms with Crippen molar-refractivity contribution in [2.45, 2.75) is 46.1 Å². The summed E-state index contributed by atoms with van der Waals surface area (Å²) in [4.78, 5) is 0. The van der Waals surface area contributed by atoms with Gasteiger partial charge in [-0.1, -0.05) is 50.4 Å². The van der Waals surface area contributed by atoms with E-state index in [1.807, 2.05) is 19.1 Å². The molecule has 0 aliphatic carbocycles. The Kier molecular flexibility index (Phi) is 5.96.